The molecule has 134 valence electrons. The molecular formula is C18H19FO5S. The first-order valence-corrected chi connectivity index (χ1v) is 9.21. The van der Waals surface area contributed by atoms with Crippen molar-refractivity contribution in [3.63, 3.8) is 0 Å². The molecule has 0 aromatic heterocycles. The molecule has 0 heterocycles. The quantitative estimate of drug-likeness (QED) is 0.428. The Hall–Kier alpha value is -2.41. The number of carbonyl (C=O) groups is 1. The zero-order valence-corrected chi connectivity index (χ0v) is 14.8. The van der Waals surface area contributed by atoms with Gasteiger partial charge in [-0.1, -0.05) is 18.2 Å². The van der Waals surface area contributed by atoms with Crippen molar-refractivity contribution >= 4 is 15.8 Å². The summed E-state index contributed by atoms with van der Waals surface area (Å²) in [5.41, 5.74) is 0.945. The molecular weight excluding hydrogens is 347 g/mol. The van der Waals surface area contributed by atoms with Crippen LogP contribution in [0.15, 0.2) is 53.4 Å². The standard InChI is InChI=1S/C18H19FO5S/c1-13-5-3-4-6-17(13)23-11-12-24-18(20)14(2)25(21,22)16-9-7-15(19)8-10-16/h3-10,14H,11-12H2,1-2H3/t14-/m0/s1. The number of halogens is 1. The Labute approximate surface area is 146 Å². The Morgan fingerprint density at radius 3 is 2.36 bits per heavy atom. The van der Waals surface area contributed by atoms with Crippen LogP contribution in [0.3, 0.4) is 0 Å². The highest BCUT2D eigenvalue weighted by molar-refractivity contribution is 7.92. The van der Waals surface area contributed by atoms with Crippen molar-refractivity contribution in [3.8, 4) is 5.75 Å². The molecule has 0 saturated heterocycles. The molecule has 7 heteroatoms. The molecule has 2 aromatic rings. The van der Waals surface area contributed by atoms with Gasteiger partial charge in [0.15, 0.2) is 15.1 Å². The number of sulfone groups is 1. The summed E-state index contributed by atoms with van der Waals surface area (Å²) in [6, 6.07) is 11.7. The first kappa shape index (κ1) is 18.9. The Morgan fingerprint density at radius 1 is 1.08 bits per heavy atom. The van der Waals surface area contributed by atoms with Crippen molar-refractivity contribution in [2.75, 3.05) is 13.2 Å². The van der Waals surface area contributed by atoms with Crippen molar-refractivity contribution in [3.05, 3.63) is 59.9 Å². The molecule has 25 heavy (non-hydrogen) atoms. The third-order valence-electron chi connectivity index (χ3n) is 3.62. The van der Waals surface area contributed by atoms with Gasteiger partial charge >= 0.3 is 5.97 Å². The van der Waals surface area contributed by atoms with Crippen molar-refractivity contribution in [1.82, 2.24) is 0 Å². The van der Waals surface area contributed by atoms with E-state index in [2.05, 4.69) is 0 Å². The minimum absolute atomic E-state index is 0.0730. The summed E-state index contributed by atoms with van der Waals surface area (Å²) >= 11 is 0. The number of esters is 1. The summed E-state index contributed by atoms with van der Waals surface area (Å²) in [6.45, 7) is 3.16. The van der Waals surface area contributed by atoms with Gasteiger partial charge < -0.3 is 9.47 Å². The van der Waals surface area contributed by atoms with Crippen LogP contribution in [0, 0.1) is 12.7 Å². The molecule has 1 atom stereocenters. The van der Waals surface area contributed by atoms with Crippen LogP contribution in [0.5, 0.6) is 5.75 Å². The van der Waals surface area contributed by atoms with Crippen molar-refractivity contribution in [2.24, 2.45) is 0 Å². The van der Waals surface area contributed by atoms with E-state index in [9.17, 15) is 17.6 Å². The van der Waals surface area contributed by atoms with E-state index in [1.165, 1.54) is 6.92 Å². The highest BCUT2D eigenvalue weighted by atomic mass is 32.2. The van der Waals surface area contributed by atoms with Gasteiger partial charge in [0.05, 0.1) is 4.90 Å². The van der Waals surface area contributed by atoms with E-state index in [1.54, 1.807) is 6.07 Å². The summed E-state index contributed by atoms with van der Waals surface area (Å²) in [5, 5.41) is -1.39. The van der Waals surface area contributed by atoms with Crippen LogP contribution >= 0.6 is 0 Å². The molecule has 2 rings (SSSR count). The van der Waals surface area contributed by atoms with Gasteiger partial charge in [-0.15, -0.1) is 0 Å². The lowest BCUT2D eigenvalue weighted by Gasteiger charge is -2.13. The Morgan fingerprint density at radius 2 is 1.72 bits per heavy atom. The molecule has 0 spiro atoms. The largest absolute Gasteiger partial charge is 0.490 e. The Balaban J connectivity index is 1.89. The number of para-hydroxylation sites is 1. The number of aryl methyl sites for hydroxylation is 1. The number of carbonyl (C=O) groups excluding carboxylic acids is 1. The zero-order valence-electron chi connectivity index (χ0n) is 13.9. The lowest BCUT2D eigenvalue weighted by Crippen LogP contribution is -2.30. The van der Waals surface area contributed by atoms with Crippen LogP contribution in [0.4, 0.5) is 4.39 Å². The van der Waals surface area contributed by atoms with Crippen LogP contribution in [0.25, 0.3) is 0 Å². The molecule has 0 aliphatic heterocycles. The maximum Gasteiger partial charge on any atom is 0.324 e. The summed E-state index contributed by atoms with van der Waals surface area (Å²) in [7, 11) is -3.93. The van der Waals surface area contributed by atoms with Crippen LogP contribution in [0.1, 0.15) is 12.5 Å². The second-order valence-electron chi connectivity index (χ2n) is 5.42. The Bertz CT molecular complexity index is 831. The third kappa shape index (κ3) is 4.79. The molecule has 0 amide bonds. The maximum absolute atomic E-state index is 12.9. The normalized spacial score (nSPS) is 12.4. The van der Waals surface area contributed by atoms with Gasteiger partial charge in [0.2, 0.25) is 0 Å². The van der Waals surface area contributed by atoms with E-state index < -0.39 is 26.9 Å². The van der Waals surface area contributed by atoms with Gasteiger partial charge in [0, 0.05) is 0 Å². The van der Waals surface area contributed by atoms with Gasteiger partial charge in [-0.05, 0) is 49.7 Å². The average Bonchev–Trinajstić information content (AvgIpc) is 2.59. The minimum atomic E-state index is -3.93. The second-order valence-corrected chi connectivity index (χ2v) is 7.69. The molecule has 5 nitrogen and oxygen atoms in total. The van der Waals surface area contributed by atoms with Gasteiger partial charge in [-0.25, -0.2) is 12.8 Å². The fourth-order valence-corrected chi connectivity index (χ4v) is 3.33. The van der Waals surface area contributed by atoms with Gasteiger partial charge in [0.1, 0.15) is 24.8 Å². The van der Waals surface area contributed by atoms with Crippen LogP contribution in [-0.2, 0) is 19.4 Å². The molecule has 0 radical (unpaired) electrons. The number of rotatable bonds is 7. The third-order valence-corrected chi connectivity index (χ3v) is 5.67. The molecule has 0 aliphatic carbocycles. The first-order valence-electron chi connectivity index (χ1n) is 7.67. The van der Waals surface area contributed by atoms with Crippen LogP contribution in [-0.4, -0.2) is 32.9 Å². The summed E-state index contributed by atoms with van der Waals surface area (Å²) < 4.78 is 48.0. The van der Waals surface area contributed by atoms with Crippen molar-refractivity contribution in [2.45, 2.75) is 24.0 Å². The topological polar surface area (TPSA) is 69.7 Å². The van der Waals surface area contributed by atoms with Crippen LogP contribution < -0.4 is 4.74 Å². The summed E-state index contributed by atoms with van der Waals surface area (Å²) in [5.74, 6) is -0.759. The number of hydrogen-bond donors (Lipinski definition) is 0. The van der Waals surface area contributed by atoms with Gasteiger partial charge in [0.25, 0.3) is 0 Å². The maximum atomic E-state index is 12.9. The van der Waals surface area contributed by atoms with Gasteiger partial charge in [-0.3, -0.25) is 4.79 Å². The van der Waals surface area contributed by atoms with Crippen molar-refractivity contribution in [1.29, 1.82) is 0 Å². The van der Waals surface area contributed by atoms with Crippen molar-refractivity contribution < 1.29 is 27.1 Å². The lowest BCUT2D eigenvalue weighted by molar-refractivity contribution is -0.143. The molecule has 0 aliphatic rings. The van der Waals surface area contributed by atoms with E-state index in [0.717, 1.165) is 29.8 Å². The molecule has 0 saturated carbocycles. The number of hydrogen-bond acceptors (Lipinski definition) is 5. The summed E-state index contributed by atoms with van der Waals surface area (Å²) in [6.07, 6.45) is 0. The monoisotopic (exact) mass is 366 g/mol. The van der Waals surface area contributed by atoms with E-state index in [1.807, 2.05) is 25.1 Å². The Kier molecular flexibility index (Phi) is 6.14. The highest BCUT2D eigenvalue weighted by Gasteiger charge is 2.31. The van der Waals surface area contributed by atoms with Crippen LogP contribution in [0.2, 0.25) is 0 Å². The lowest BCUT2D eigenvalue weighted by atomic mass is 10.2. The molecule has 0 N–H and O–H groups in total. The molecule has 2 aromatic carbocycles. The molecule has 0 unspecified atom stereocenters. The van der Waals surface area contributed by atoms with Gasteiger partial charge in [-0.2, -0.15) is 0 Å². The predicted octanol–water partition coefficient (Wildman–Crippen LogP) is 2.92. The SMILES string of the molecule is Cc1ccccc1OCCOC(=O)[C@H](C)S(=O)(=O)c1ccc(F)cc1. The highest BCUT2D eigenvalue weighted by Crippen LogP contribution is 2.18. The second kappa shape index (κ2) is 8.11. The fourth-order valence-electron chi connectivity index (χ4n) is 2.08. The van der Waals surface area contributed by atoms with E-state index in [-0.39, 0.29) is 18.1 Å². The first-order chi connectivity index (χ1) is 11.8. The van der Waals surface area contributed by atoms with E-state index >= 15 is 0 Å². The molecule has 0 bridgehead atoms. The molecule has 0 fully saturated rings. The number of benzene rings is 2. The van der Waals surface area contributed by atoms with E-state index in [4.69, 9.17) is 9.47 Å². The fraction of sp³-hybridized carbons (Fsp3) is 0.278. The summed E-state index contributed by atoms with van der Waals surface area (Å²) in [4.78, 5) is 11.8. The smallest absolute Gasteiger partial charge is 0.324 e. The zero-order chi connectivity index (χ0) is 18.4. The van der Waals surface area contributed by atoms with E-state index in [0.29, 0.717) is 5.75 Å². The minimum Gasteiger partial charge on any atom is -0.490 e. The number of ether oxygens (including phenoxy) is 2. The average molecular weight is 366 g/mol. The predicted molar refractivity (Wildman–Crippen MR) is 90.7 cm³/mol.